The maximum Gasteiger partial charge on any atom is 0.335 e. The molecule has 0 spiro atoms. The van der Waals surface area contributed by atoms with Gasteiger partial charge in [0.05, 0.1) is 6.61 Å². The first-order valence-corrected chi connectivity index (χ1v) is 28.7. The third-order valence-corrected chi connectivity index (χ3v) is 13.2. The van der Waals surface area contributed by atoms with E-state index in [1.807, 2.05) is 0 Å². The standard InChI is InChI=1S/C59H104O11/c1-3-5-7-9-11-13-15-17-19-21-23-25-26-28-29-31-33-35-37-39-41-43-45-47-52(60)67-49-51(50-68-59-56(64)54(62)55(63)57(70-59)58(65)66)69-53(61)48-46-44-42-40-38-36-34-32-30-27-24-22-20-18-16-14-12-10-8-6-4-2/h15-18,21-24,51,54-57,59,62-64H,3-14,19-20,25-50H2,1-2H3,(H,65,66)/b17-15-,18-16-,23-21-,24-22-. The Morgan fingerprint density at radius 2 is 0.800 bits per heavy atom. The summed E-state index contributed by atoms with van der Waals surface area (Å²) in [5.74, 6) is -2.44. The van der Waals surface area contributed by atoms with Crippen molar-refractivity contribution in [2.75, 3.05) is 13.2 Å². The summed E-state index contributed by atoms with van der Waals surface area (Å²) < 4.78 is 21.9. The lowest BCUT2D eigenvalue weighted by Gasteiger charge is -2.38. The van der Waals surface area contributed by atoms with E-state index in [9.17, 15) is 34.8 Å². The van der Waals surface area contributed by atoms with Gasteiger partial charge in [-0.05, 0) is 77.0 Å². The summed E-state index contributed by atoms with van der Waals surface area (Å²) in [4.78, 5) is 37.1. The van der Waals surface area contributed by atoms with Crippen molar-refractivity contribution in [3.05, 3.63) is 48.6 Å². The fourth-order valence-corrected chi connectivity index (χ4v) is 8.65. The Hall–Kier alpha value is -2.83. The number of carbonyl (C=O) groups is 3. The molecule has 1 heterocycles. The highest BCUT2D eigenvalue weighted by molar-refractivity contribution is 5.73. The van der Waals surface area contributed by atoms with E-state index in [2.05, 4.69) is 62.5 Å². The van der Waals surface area contributed by atoms with Gasteiger partial charge in [0.15, 0.2) is 18.5 Å². The van der Waals surface area contributed by atoms with Crippen molar-refractivity contribution in [1.29, 1.82) is 0 Å². The summed E-state index contributed by atoms with van der Waals surface area (Å²) in [5.41, 5.74) is 0. The summed E-state index contributed by atoms with van der Waals surface area (Å²) >= 11 is 0. The van der Waals surface area contributed by atoms with Gasteiger partial charge in [0.2, 0.25) is 0 Å². The van der Waals surface area contributed by atoms with Crippen LogP contribution in [0.25, 0.3) is 0 Å². The first-order valence-electron chi connectivity index (χ1n) is 28.7. The van der Waals surface area contributed by atoms with Crippen molar-refractivity contribution in [2.45, 2.75) is 295 Å². The van der Waals surface area contributed by atoms with Crippen molar-refractivity contribution in [3.63, 3.8) is 0 Å². The molecule has 1 aliphatic heterocycles. The Labute approximate surface area is 426 Å². The summed E-state index contributed by atoms with van der Waals surface area (Å²) in [7, 11) is 0. The molecule has 0 aromatic rings. The first-order chi connectivity index (χ1) is 34.2. The van der Waals surface area contributed by atoms with Crippen LogP contribution in [0.15, 0.2) is 48.6 Å². The number of aliphatic hydroxyl groups excluding tert-OH is 3. The third-order valence-electron chi connectivity index (χ3n) is 13.2. The monoisotopic (exact) mass is 989 g/mol. The molecule has 11 heteroatoms. The molecule has 0 saturated carbocycles. The predicted molar refractivity (Wildman–Crippen MR) is 284 cm³/mol. The minimum atomic E-state index is -1.86. The highest BCUT2D eigenvalue weighted by Gasteiger charge is 2.47. The van der Waals surface area contributed by atoms with Gasteiger partial charge in [-0.1, -0.05) is 217 Å². The number of hydrogen-bond acceptors (Lipinski definition) is 10. The molecule has 0 radical (unpaired) electrons. The van der Waals surface area contributed by atoms with Gasteiger partial charge in [-0.3, -0.25) is 9.59 Å². The Morgan fingerprint density at radius 3 is 1.19 bits per heavy atom. The van der Waals surface area contributed by atoms with E-state index in [1.54, 1.807) is 0 Å². The number of carbonyl (C=O) groups excluding carboxylic acids is 2. The Balaban J connectivity index is 2.25. The highest BCUT2D eigenvalue weighted by atomic mass is 16.7. The van der Waals surface area contributed by atoms with Gasteiger partial charge >= 0.3 is 17.9 Å². The molecule has 1 saturated heterocycles. The Kier molecular flexibility index (Phi) is 45.1. The zero-order valence-electron chi connectivity index (χ0n) is 44.5. The van der Waals surface area contributed by atoms with Crippen molar-refractivity contribution in [1.82, 2.24) is 0 Å². The number of aliphatic hydroxyl groups is 3. The van der Waals surface area contributed by atoms with Crippen LogP contribution in [0.1, 0.15) is 258 Å². The predicted octanol–water partition coefficient (Wildman–Crippen LogP) is 14.4. The molecular weight excluding hydrogens is 885 g/mol. The maximum atomic E-state index is 12.9. The zero-order valence-corrected chi connectivity index (χ0v) is 44.5. The molecule has 1 fully saturated rings. The number of carboxylic acid groups (broad SMARTS) is 1. The molecule has 0 aromatic carbocycles. The molecule has 0 amide bonds. The molecule has 0 aliphatic carbocycles. The van der Waals surface area contributed by atoms with Crippen molar-refractivity contribution in [3.8, 4) is 0 Å². The second kappa shape index (κ2) is 48.4. The number of aliphatic carboxylic acids is 1. The fraction of sp³-hybridized carbons (Fsp3) is 0.814. The largest absolute Gasteiger partial charge is 0.479 e. The van der Waals surface area contributed by atoms with E-state index in [4.69, 9.17) is 18.9 Å². The fourth-order valence-electron chi connectivity index (χ4n) is 8.65. The van der Waals surface area contributed by atoms with Crippen LogP contribution in [-0.4, -0.2) is 88.4 Å². The van der Waals surface area contributed by atoms with Crippen molar-refractivity contribution in [2.24, 2.45) is 0 Å². The molecule has 1 aliphatic rings. The van der Waals surface area contributed by atoms with Crippen LogP contribution in [0, 0.1) is 0 Å². The molecule has 1 rings (SSSR count). The first kappa shape index (κ1) is 65.2. The zero-order chi connectivity index (χ0) is 51.0. The highest BCUT2D eigenvalue weighted by Crippen LogP contribution is 2.23. The van der Waals surface area contributed by atoms with Crippen LogP contribution < -0.4 is 0 Å². The van der Waals surface area contributed by atoms with E-state index >= 15 is 0 Å². The van der Waals surface area contributed by atoms with Gasteiger partial charge in [-0.15, -0.1) is 0 Å². The molecule has 6 atom stereocenters. The second-order valence-electron chi connectivity index (χ2n) is 19.8. The van der Waals surface area contributed by atoms with Crippen LogP contribution in [0.5, 0.6) is 0 Å². The summed E-state index contributed by atoms with van der Waals surface area (Å²) in [5, 5.41) is 40.0. The van der Waals surface area contributed by atoms with Crippen molar-refractivity contribution >= 4 is 17.9 Å². The third kappa shape index (κ3) is 38.8. The SMILES string of the molecule is CCCCCCC/C=C\C/C=C\CCCCCCCCCCCCCC(=O)OCC(COC1OC(C(=O)O)C(O)C(O)C1O)OC(=O)CCCCCCCCCCC/C=C\C/C=C\CCCCCCC. The number of esters is 2. The second-order valence-corrected chi connectivity index (χ2v) is 19.8. The number of hydrogen-bond donors (Lipinski definition) is 4. The number of allylic oxidation sites excluding steroid dienone is 8. The van der Waals surface area contributed by atoms with Crippen LogP contribution in [-0.2, 0) is 33.3 Å². The van der Waals surface area contributed by atoms with Crippen LogP contribution in [0.2, 0.25) is 0 Å². The van der Waals surface area contributed by atoms with Crippen LogP contribution in [0.3, 0.4) is 0 Å². The molecule has 6 unspecified atom stereocenters. The van der Waals surface area contributed by atoms with Gasteiger partial charge in [0, 0.05) is 12.8 Å². The number of unbranched alkanes of at least 4 members (excludes halogenated alkanes) is 30. The molecule has 0 aromatic heterocycles. The van der Waals surface area contributed by atoms with Crippen LogP contribution >= 0.6 is 0 Å². The molecular formula is C59H104O11. The maximum absolute atomic E-state index is 12.9. The molecule has 11 nitrogen and oxygen atoms in total. The van der Waals surface area contributed by atoms with Gasteiger partial charge in [-0.2, -0.15) is 0 Å². The average molecular weight is 989 g/mol. The lowest BCUT2D eigenvalue weighted by molar-refractivity contribution is -0.298. The smallest absolute Gasteiger partial charge is 0.335 e. The Morgan fingerprint density at radius 1 is 0.443 bits per heavy atom. The van der Waals surface area contributed by atoms with E-state index in [0.717, 1.165) is 57.8 Å². The summed E-state index contributed by atoms with van der Waals surface area (Å²) in [6.45, 7) is 3.83. The van der Waals surface area contributed by atoms with E-state index < -0.39 is 61.3 Å². The van der Waals surface area contributed by atoms with Crippen molar-refractivity contribution < 1.29 is 53.8 Å². The topological polar surface area (TPSA) is 169 Å². The lowest BCUT2D eigenvalue weighted by atomic mass is 9.99. The van der Waals surface area contributed by atoms with Gasteiger partial charge in [0.25, 0.3) is 0 Å². The number of ether oxygens (including phenoxy) is 4. The van der Waals surface area contributed by atoms with Crippen LogP contribution in [0.4, 0.5) is 0 Å². The molecule has 70 heavy (non-hydrogen) atoms. The summed E-state index contributed by atoms with van der Waals surface area (Å²) in [6.07, 6.45) is 51.6. The molecule has 4 N–H and O–H groups in total. The van der Waals surface area contributed by atoms with E-state index in [-0.39, 0.29) is 19.4 Å². The number of rotatable bonds is 49. The van der Waals surface area contributed by atoms with E-state index in [1.165, 1.54) is 161 Å². The lowest BCUT2D eigenvalue weighted by Crippen LogP contribution is -2.60. The normalized spacial score (nSPS) is 19.0. The minimum Gasteiger partial charge on any atom is -0.479 e. The number of carboxylic acids is 1. The van der Waals surface area contributed by atoms with Gasteiger partial charge in [-0.25, -0.2) is 4.79 Å². The van der Waals surface area contributed by atoms with Gasteiger partial charge < -0.3 is 39.4 Å². The van der Waals surface area contributed by atoms with E-state index in [0.29, 0.717) is 12.8 Å². The molecule has 406 valence electrons. The average Bonchev–Trinajstić information content (AvgIpc) is 3.35. The van der Waals surface area contributed by atoms with Gasteiger partial charge in [0.1, 0.15) is 24.9 Å². The minimum absolute atomic E-state index is 0.178. The quantitative estimate of drug-likeness (QED) is 0.0260. The summed E-state index contributed by atoms with van der Waals surface area (Å²) in [6, 6.07) is 0. The molecule has 0 bridgehead atoms. The Bertz CT molecular complexity index is 1340.